The third-order valence-electron chi connectivity index (χ3n) is 5.08. The molecule has 2 aliphatic heterocycles. The molecule has 2 fully saturated rings. The number of hydrogen-bond donors (Lipinski definition) is 0. The Balaban J connectivity index is 1.38. The van der Waals surface area contributed by atoms with Gasteiger partial charge in [0.25, 0.3) is 5.91 Å². The number of tetrazole rings is 1. The van der Waals surface area contributed by atoms with Crippen LogP contribution in [0.4, 0.5) is 0 Å². The molecule has 126 valence electrons. The van der Waals surface area contributed by atoms with Crippen molar-refractivity contribution in [2.75, 3.05) is 19.7 Å². The summed E-state index contributed by atoms with van der Waals surface area (Å²) < 4.78 is 7.58. The molecule has 7 nitrogen and oxygen atoms in total. The van der Waals surface area contributed by atoms with Crippen LogP contribution in [0, 0.1) is 0 Å². The molecule has 1 amide bonds. The van der Waals surface area contributed by atoms with Crippen molar-refractivity contribution >= 4 is 5.91 Å². The molecule has 24 heavy (non-hydrogen) atoms. The van der Waals surface area contributed by atoms with Crippen molar-refractivity contribution < 1.29 is 9.53 Å². The molecule has 1 spiro atoms. The summed E-state index contributed by atoms with van der Waals surface area (Å²) in [6.07, 6.45) is 5.78. The van der Waals surface area contributed by atoms with Gasteiger partial charge in [-0.05, 0) is 53.8 Å². The van der Waals surface area contributed by atoms with E-state index in [1.165, 1.54) is 0 Å². The Morgan fingerprint density at radius 2 is 1.96 bits per heavy atom. The molecule has 4 rings (SSSR count). The Labute approximate surface area is 140 Å². The van der Waals surface area contributed by atoms with Gasteiger partial charge in [0.05, 0.1) is 12.1 Å². The molecule has 0 radical (unpaired) electrons. The number of aromatic nitrogens is 4. The standard InChI is InChI=1S/C17H21N5O2/c23-16(21-9-7-17(8-10-21)6-1-11-24-17)15-4-2-14(3-5-15)12-22-13-18-19-20-22/h2-5,13H,1,6-12H2. The van der Waals surface area contributed by atoms with Crippen LogP contribution < -0.4 is 0 Å². The minimum atomic E-state index is 0.0481. The molecule has 0 saturated carbocycles. The number of piperidine rings is 1. The van der Waals surface area contributed by atoms with Gasteiger partial charge in [-0.25, -0.2) is 4.68 Å². The predicted molar refractivity (Wildman–Crippen MR) is 86.4 cm³/mol. The largest absolute Gasteiger partial charge is 0.375 e. The molecule has 0 unspecified atom stereocenters. The molecular formula is C17H21N5O2. The molecule has 2 aromatic rings. The van der Waals surface area contributed by atoms with E-state index in [4.69, 9.17) is 4.74 Å². The lowest BCUT2D eigenvalue weighted by Gasteiger charge is -2.38. The van der Waals surface area contributed by atoms with Crippen molar-refractivity contribution in [2.45, 2.75) is 37.8 Å². The molecule has 2 saturated heterocycles. The van der Waals surface area contributed by atoms with Crippen LogP contribution in [-0.4, -0.2) is 56.3 Å². The van der Waals surface area contributed by atoms with Crippen LogP contribution >= 0.6 is 0 Å². The fourth-order valence-corrected chi connectivity index (χ4v) is 3.64. The lowest BCUT2D eigenvalue weighted by molar-refractivity contribution is -0.0387. The molecule has 2 aliphatic rings. The van der Waals surface area contributed by atoms with Gasteiger partial charge in [-0.3, -0.25) is 4.79 Å². The van der Waals surface area contributed by atoms with Crippen molar-refractivity contribution in [2.24, 2.45) is 0 Å². The van der Waals surface area contributed by atoms with Gasteiger partial charge in [-0.1, -0.05) is 12.1 Å². The molecule has 0 atom stereocenters. The molecule has 7 heteroatoms. The highest BCUT2D eigenvalue weighted by Crippen LogP contribution is 2.35. The van der Waals surface area contributed by atoms with E-state index in [9.17, 15) is 4.79 Å². The Kier molecular flexibility index (Phi) is 4.02. The Hall–Kier alpha value is -2.28. The van der Waals surface area contributed by atoms with Crippen molar-refractivity contribution in [1.82, 2.24) is 25.1 Å². The van der Waals surface area contributed by atoms with Crippen LogP contribution in [0.2, 0.25) is 0 Å². The number of benzene rings is 1. The van der Waals surface area contributed by atoms with Gasteiger partial charge in [0.15, 0.2) is 0 Å². The van der Waals surface area contributed by atoms with E-state index >= 15 is 0 Å². The van der Waals surface area contributed by atoms with E-state index in [1.807, 2.05) is 29.2 Å². The number of likely N-dealkylation sites (tertiary alicyclic amines) is 1. The Morgan fingerprint density at radius 3 is 2.58 bits per heavy atom. The first-order chi connectivity index (χ1) is 11.7. The summed E-state index contributed by atoms with van der Waals surface area (Å²) in [6, 6.07) is 7.69. The van der Waals surface area contributed by atoms with Crippen molar-refractivity contribution in [3.05, 3.63) is 41.7 Å². The number of ether oxygens (including phenoxy) is 1. The summed E-state index contributed by atoms with van der Waals surface area (Å²) in [5.74, 6) is 0.108. The molecule has 0 bridgehead atoms. The maximum absolute atomic E-state index is 12.7. The zero-order valence-corrected chi connectivity index (χ0v) is 13.6. The van der Waals surface area contributed by atoms with E-state index in [0.29, 0.717) is 6.54 Å². The Morgan fingerprint density at radius 1 is 1.17 bits per heavy atom. The second kappa shape index (κ2) is 6.32. The first kappa shape index (κ1) is 15.3. The van der Waals surface area contributed by atoms with Gasteiger partial charge in [0.2, 0.25) is 0 Å². The Bertz CT molecular complexity index is 682. The minimum Gasteiger partial charge on any atom is -0.375 e. The normalized spacial score (nSPS) is 19.8. The van der Waals surface area contributed by atoms with Crippen molar-refractivity contribution in [3.8, 4) is 0 Å². The molecule has 3 heterocycles. The highest BCUT2D eigenvalue weighted by molar-refractivity contribution is 5.94. The first-order valence-corrected chi connectivity index (χ1v) is 8.47. The first-order valence-electron chi connectivity index (χ1n) is 8.47. The van der Waals surface area contributed by atoms with Crippen LogP contribution in [0.25, 0.3) is 0 Å². The van der Waals surface area contributed by atoms with Crippen LogP contribution in [-0.2, 0) is 11.3 Å². The summed E-state index contributed by atoms with van der Waals surface area (Å²) in [7, 11) is 0. The van der Waals surface area contributed by atoms with Gasteiger partial charge in [-0.15, -0.1) is 5.10 Å². The zero-order valence-electron chi connectivity index (χ0n) is 13.6. The summed E-state index contributed by atoms with van der Waals surface area (Å²) in [4.78, 5) is 14.6. The molecule has 0 aliphatic carbocycles. The van der Waals surface area contributed by atoms with E-state index in [0.717, 1.165) is 56.5 Å². The van der Waals surface area contributed by atoms with Crippen LogP contribution in [0.5, 0.6) is 0 Å². The lowest BCUT2D eigenvalue weighted by Crippen LogP contribution is -2.46. The second-order valence-corrected chi connectivity index (χ2v) is 6.63. The van der Waals surface area contributed by atoms with E-state index in [2.05, 4.69) is 15.5 Å². The monoisotopic (exact) mass is 327 g/mol. The highest BCUT2D eigenvalue weighted by Gasteiger charge is 2.39. The lowest BCUT2D eigenvalue weighted by atomic mass is 9.88. The fourth-order valence-electron chi connectivity index (χ4n) is 3.64. The quantitative estimate of drug-likeness (QED) is 0.854. The zero-order chi connectivity index (χ0) is 16.4. The van der Waals surface area contributed by atoms with Crippen molar-refractivity contribution in [1.29, 1.82) is 0 Å². The summed E-state index contributed by atoms with van der Waals surface area (Å²) in [5.41, 5.74) is 1.85. The number of rotatable bonds is 3. The fraction of sp³-hybridized carbons (Fsp3) is 0.529. The van der Waals surface area contributed by atoms with Crippen LogP contribution in [0.15, 0.2) is 30.6 Å². The van der Waals surface area contributed by atoms with Gasteiger partial charge >= 0.3 is 0 Å². The number of carbonyl (C=O) groups is 1. The van der Waals surface area contributed by atoms with Gasteiger partial charge in [-0.2, -0.15) is 0 Å². The summed E-state index contributed by atoms with van der Waals surface area (Å²) in [6.45, 7) is 3.04. The van der Waals surface area contributed by atoms with Gasteiger partial charge in [0, 0.05) is 25.3 Å². The molecule has 0 N–H and O–H groups in total. The summed E-state index contributed by atoms with van der Waals surface area (Å²) in [5, 5.41) is 11.1. The van der Waals surface area contributed by atoms with Crippen LogP contribution in [0.3, 0.4) is 0 Å². The number of amides is 1. The molecule has 1 aromatic carbocycles. The number of carbonyl (C=O) groups excluding carboxylic acids is 1. The topological polar surface area (TPSA) is 73.1 Å². The second-order valence-electron chi connectivity index (χ2n) is 6.63. The third kappa shape index (κ3) is 3.03. The highest BCUT2D eigenvalue weighted by atomic mass is 16.5. The maximum atomic E-state index is 12.7. The number of hydrogen-bond acceptors (Lipinski definition) is 5. The van der Waals surface area contributed by atoms with Crippen molar-refractivity contribution in [3.63, 3.8) is 0 Å². The predicted octanol–water partition coefficient (Wildman–Crippen LogP) is 1.51. The van der Waals surface area contributed by atoms with Crippen LogP contribution in [0.1, 0.15) is 41.6 Å². The van der Waals surface area contributed by atoms with E-state index in [-0.39, 0.29) is 11.5 Å². The molecular weight excluding hydrogens is 306 g/mol. The summed E-state index contributed by atoms with van der Waals surface area (Å²) >= 11 is 0. The average Bonchev–Trinajstić information content (AvgIpc) is 3.28. The van der Waals surface area contributed by atoms with Gasteiger partial charge in [0.1, 0.15) is 6.33 Å². The minimum absolute atomic E-state index is 0.0481. The van der Waals surface area contributed by atoms with Gasteiger partial charge < -0.3 is 9.64 Å². The maximum Gasteiger partial charge on any atom is 0.253 e. The average molecular weight is 327 g/mol. The smallest absolute Gasteiger partial charge is 0.253 e. The molecule has 1 aromatic heterocycles. The SMILES string of the molecule is O=C(c1ccc(Cn2cnnn2)cc1)N1CCC2(CCCO2)CC1. The third-order valence-corrected chi connectivity index (χ3v) is 5.08. The van der Waals surface area contributed by atoms with E-state index < -0.39 is 0 Å². The van der Waals surface area contributed by atoms with E-state index in [1.54, 1.807) is 11.0 Å². The number of nitrogens with zero attached hydrogens (tertiary/aromatic N) is 5.